The van der Waals surface area contributed by atoms with Crippen LogP contribution in [0.2, 0.25) is 0 Å². The van der Waals surface area contributed by atoms with Gasteiger partial charge in [-0.15, -0.1) is 0 Å². The topological polar surface area (TPSA) is 52.9 Å². The second-order valence-corrected chi connectivity index (χ2v) is 8.23. The Kier molecular flexibility index (Phi) is 5.27. The molecule has 1 aliphatic rings. The quantitative estimate of drug-likeness (QED) is 0.816. The summed E-state index contributed by atoms with van der Waals surface area (Å²) in [7, 11) is -1.01. The van der Waals surface area contributed by atoms with E-state index in [9.17, 15) is 10.1 Å². The Morgan fingerprint density at radius 2 is 2.00 bits per heavy atom. The van der Waals surface area contributed by atoms with Gasteiger partial charge in [-0.25, -0.2) is 0 Å². The summed E-state index contributed by atoms with van der Waals surface area (Å²) in [5.41, 5.74) is -0.708. The Morgan fingerprint density at radius 1 is 1.32 bits per heavy atom. The van der Waals surface area contributed by atoms with Gasteiger partial charge in [0.05, 0.1) is 11.2 Å². The van der Waals surface area contributed by atoms with E-state index < -0.39 is 18.3 Å². The highest BCUT2D eigenvalue weighted by Gasteiger charge is 2.40. The molecule has 1 atom stereocenters. The molecule has 1 aromatic rings. The highest BCUT2D eigenvalue weighted by molar-refractivity contribution is 7.21. The fourth-order valence-electron chi connectivity index (χ4n) is 2.59. The van der Waals surface area contributed by atoms with Crippen LogP contribution in [0.4, 0.5) is 5.69 Å². The number of rotatable bonds is 5. The van der Waals surface area contributed by atoms with E-state index in [1.807, 2.05) is 6.07 Å². The average molecular weight is 325 g/mol. The molecule has 0 aliphatic carbocycles. The van der Waals surface area contributed by atoms with Crippen LogP contribution in [0.1, 0.15) is 53.9 Å². The summed E-state index contributed by atoms with van der Waals surface area (Å²) in [6.45, 7) is 10.3. The highest BCUT2D eigenvalue weighted by Crippen LogP contribution is 2.28. The van der Waals surface area contributed by atoms with Gasteiger partial charge in [-0.05, 0) is 59.9 Å². The first kappa shape index (κ1) is 17.8. The van der Waals surface area contributed by atoms with Crippen LogP contribution in [-0.2, 0) is 4.65 Å². The minimum Gasteiger partial charge on any atom is -0.423 e. The molecule has 2 N–H and O–H groups in total. The Hall–Kier alpha value is -0.555. The van der Waals surface area contributed by atoms with Gasteiger partial charge in [-0.1, -0.05) is 0 Å². The van der Waals surface area contributed by atoms with Crippen LogP contribution in [0, 0.1) is 0 Å². The van der Waals surface area contributed by atoms with Crippen molar-refractivity contribution in [1.82, 2.24) is 0 Å². The maximum Gasteiger partial charge on any atom is 0.502 e. The zero-order chi connectivity index (χ0) is 16.5. The molecule has 0 saturated carbocycles. The van der Waals surface area contributed by atoms with Crippen LogP contribution in [0.15, 0.2) is 11.4 Å². The van der Waals surface area contributed by atoms with Gasteiger partial charge >= 0.3 is 7.12 Å². The second-order valence-electron chi connectivity index (χ2n) is 7.29. The Labute approximate surface area is 138 Å². The summed E-state index contributed by atoms with van der Waals surface area (Å²) in [5.74, 6) is 0. The number of piperidine rings is 1. The first-order chi connectivity index (χ1) is 10.1. The summed E-state index contributed by atoms with van der Waals surface area (Å²) < 4.78 is 6.50. The lowest BCUT2D eigenvalue weighted by molar-refractivity contribution is -0.0981. The van der Waals surface area contributed by atoms with E-state index >= 15 is 0 Å². The fraction of sp³-hybridized carbons (Fsp3) is 0.750. The number of hydrogen-bond acceptors (Lipinski definition) is 5. The molecule has 1 unspecified atom stereocenters. The molecule has 22 heavy (non-hydrogen) atoms. The lowest BCUT2D eigenvalue weighted by Crippen LogP contribution is -2.52. The molecule has 0 spiro atoms. The van der Waals surface area contributed by atoms with Crippen molar-refractivity contribution in [1.29, 1.82) is 0 Å². The van der Waals surface area contributed by atoms with Crippen LogP contribution < -0.4 is 9.68 Å². The number of anilines is 1. The van der Waals surface area contributed by atoms with E-state index in [2.05, 4.69) is 17.2 Å². The molecule has 0 amide bonds. The van der Waals surface area contributed by atoms with Gasteiger partial charge in [0.25, 0.3) is 0 Å². The normalized spacial score (nSPS) is 20.3. The van der Waals surface area contributed by atoms with Crippen molar-refractivity contribution in [2.24, 2.45) is 0 Å². The molecule has 124 valence electrons. The maximum atomic E-state index is 10.4. The van der Waals surface area contributed by atoms with Crippen LogP contribution in [0.5, 0.6) is 0 Å². The lowest BCUT2D eigenvalue weighted by Gasteiger charge is -2.38. The predicted octanol–water partition coefficient (Wildman–Crippen LogP) is 2.38. The molecule has 4 nitrogen and oxygen atoms in total. The third-order valence-electron chi connectivity index (χ3n) is 4.86. The molecule has 0 radical (unpaired) electrons. The summed E-state index contributed by atoms with van der Waals surface area (Å²) in [5, 5.41) is 22.6. The zero-order valence-electron chi connectivity index (χ0n) is 14.3. The van der Waals surface area contributed by atoms with Crippen LogP contribution in [0.25, 0.3) is 0 Å². The SMILES string of the molecule is CC1CCCCN1c1csc(B(O)OC(C)(C)C(C)(C)O)c1. The monoisotopic (exact) mass is 325 g/mol. The summed E-state index contributed by atoms with van der Waals surface area (Å²) >= 11 is 1.51. The van der Waals surface area contributed by atoms with Crippen molar-refractivity contribution in [3.8, 4) is 0 Å². The second kappa shape index (κ2) is 6.52. The summed E-state index contributed by atoms with van der Waals surface area (Å²) in [6, 6.07) is 2.56. The minimum atomic E-state index is -1.03. The Balaban J connectivity index is 2.07. The molecular formula is C16H28BNO3S. The third-order valence-corrected chi connectivity index (χ3v) is 5.81. The number of aliphatic hydroxyl groups is 1. The molecule has 1 fully saturated rings. The Morgan fingerprint density at radius 3 is 2.59 bits per heavy atom. The van der Waals surface area contributed by atoms with Gasteiger partial charge in [0.2, 0.25) is 0 Å². The molecule has 0 aromatic carbocycles. The van der Waals surface area contributed by atoms with Crippen LogP contribution in [-0.4, -0.2) is 41.0 Å². The van der Waals surface area contributed by atoms with Gasteiger partial charge < -0.3 is 19.7 Å². The van der Waals surface area contributed by atoms with E-state index in [1.54, 1.807) is 27.7 Å². The van der Waals surface area contributed by atoms with E-state index in [0.717, 1.165) is 17.0 Å². The van der Waals surface area contributed by atoms with Crippen LogP contribution in [0.3, 0.4) is 0 Å². The van der Waals surface area contributed by atoms with Crippen molar-refractivity contribution < 1.29 is 14.8 Å². The zero-order valence-corrected chi connectivity index (χ0v) is 15.1. The molecule has 2 heterocycles. The van der Waals surface area contributed by atoms with E-state index in [0.29, 0.717) is 6.04 Å². The maximum absolute atomic E-state index is 10.4. The average Bonchev–Trinajstić information content (AvgIpc) is 2.87. The van der Waals surface area contributed by atoms with E-state index in [4.69, 9.17) is 4.65 Å². The van der Waals surface area contributed by atoms with Gasteiger partial charge in [0.15, 0.2) is 0 Å². The summed E-state index contributed by atoms with van der Waals surface area (Å²) in [6.07, 6.45) is 3.73. The van der Waals surface area contributed by atoms with Gasteiger partial charge in [0, 0.05) is 28.4 Å². The standard InChI is InChI=1S/C16H28BNO3S/c1-12-8-6-7-9-18(12)13-10-14(22-11-13)17(20)21-16(4,5)15(2,3)19/h10-12,19-20H,6-9H2,1-5H3. The molecular weight excluding hydrogens is 297 g/mol. The van der Waals surface area contributed by atoms with E-state index in [1.165, 1.54) is 30.6 Å². The predicted molar refractivity (Wildman–Crippen MR) is 94.0 cm³/mol. The van der Waals surface area contributed by atoms with Crippen molar-refractivity contribution >= 4 is 28.9 Å². The van der Waals surface area contributed by atoms with Crippen molar-refractivity contribution in [3.05, 3.63) is 11.4 Å². The molecule has 6 heteroatoms. The molecule has 1 aliphatic heterocycles. The smallest absolute Gasteiger partial charge is 0.423 e. The van der Waals surface area contributed by atoms with Crippen molar-refractivity contribution in [2.75, 3.05) is 11.4 Å². The van der Waals surface area contributed by atoms with Crippen molar-refractivity contribution in [2.45, 2.75) is 71.1 Å². The van der Waals surface area contributed by atoms with Crippen molar-refractivity contribution in [3.63, 3.8) is 0 Å². The molecule has 0 bridgehead atoms. The summed E-state index contributed by atoms with van der Waals surface area (Å²) in [4.78, 5) is 2.40. The number of thiophene rings is 1. The highest BCUT2D eigenvalue weighted by atomic mass is 32.1. The number of nitrogens with zero attached hydrogens (tertiary/aromatic N) is 1. The Bertz CT molecular complexity index is 498. The third kappa shape index (κ3) is 3.85. The van der Waals surface area contributed by atoms with Gasteiger partial charge in [0.1, 0.15) is 0 Å². The largest absolute Gasteiger partial charge is 0.502 e. The first-order valence-corrected chi connectivity index (χ1v) is 8.93. The molecule has 1 saturated heterocycles. The lowest BCUT2D eigenvalue weighted by atomic mass is 9.82. The fourth-order valence-corrected chi connectivity index (χ4v) is 3.40. The minimum absolute atomic E-state index is 0.544. The van der Waals surface area contributed by atoms with Gasteiger partial charge in [-0.2, -0.15) is 11.3 Å². The van der Waals surface area contributed by atoms with E-state index in [-0.39, 0.29) is 0 Å². The molecule has 2 rings (SSSR count). The van der Waals surface area contributed by atoms with Gasteiger partial charge in [-0.3, -0.25) is 0 Å². The molecule has 1 aromatic heterocycles. The first-order valence-electron chi connectivity index (χ1n) is 8.05. The van der Waals surface area contributed by atoms with Crippen LogP contribution >= 0.6 is 11.3 Å². The number of hydrogen-bond donors (Lipinski definition) is 2.